The van der Waals surface area contributed by atoms with E-state index in [-0.39, 0.29) is 6.03 Å². The zero-order valence-corrected chi connectivity index (χ0v) is 9.05. The molecule has 0 spiro atoms. The van der Waals surface area contributed by atoms with E-state index in [0.29, 0.717) is 16.8 Å². The van der Waals surface area contributed by atoms with Crippen molar-refractivity contribution in [3.8, 4) is 0 Å². The molecule has 0 aromatic heterocycles. The van der Waals surface area contributed by atoms with Crippen LogP contribution >= 0.6 is 11.6 Å². The molecular formula is C11H13ClN2O. The van der Waals surface area contributed by atoms with Crippen LogP contribution in [0.3, 0.4) is 0 Å². The number of hydrogen-bond donors (Lipinski definition) is 2. The van der Waals surface area contributed by atoms with Crippen molar-refractivity contribution in [3.63, 3.8) is 0 Å². The summed E-state index contributed by atoms with van der Waals surface area (Å²) in [6.45, 7) is 0. The van der Waals surface area contributed by atoms with Crippen LogP contribution in [0.5, 0.6) is 0 Å². The van der Waals surface area contributed by atoms with Crippen molar-refractivity contribution in [2.45, 2.75) is 25.3 Å². The first-order chi connectivity index (χ1) is 7.25. The molecule has 0 atom stereocenters. The van der Waals surface area contributed by atoms with Crippen LogP contribution in [0.15, 0.2) is 24.3 Å². The van der Waals surface area contributed by atoms with Crippen LogP contribution in [-0.2, 0) is 0 Å². The lowest BCUT2D eigenvalue weighted by molar-refractivity contribution is 0.240. The lowest BCUT2D eigenvalue weighted by Crippen LogP contribution is -2.41. The molecule has 0 bridgehead atoms. The van der Waals surface area contributed by atoms with Gasteiger partial charge in [-0.1, -0.05) is 23.7 Å². The first-order valence-electron chi connectivity index (χ1n) is 5.08. The molecule has 0 aliphatic heterocycles. The monoisotopic (exact) mass is 224 g/mol. The van der Waals surface area contributed by atoms with E-state index in [1.807, 2.05) is 12.1 Å². The number of halogens is 1. The third-order valence-electron chi connectivity index (χ3n) is 2.56. The molecule has 1 aromatic rings. The topological polar surface area (TPSA) is 41.1 Å². The molecular weight excluding hydrogens is 212 g/mol. The van der Waals surface area contributed by atoms with Crippen LogP contribution in [-0.4, -0.2) is 12.1 Å². The van der Waals surface area contributed by atoms with E-state index >= 15 is 0 Å². The fourth-order valence-corrected chi connectivity index (χ4v) is 1.64. The van der Waals surface area contributed by atoms with Gasteiger partial charge in [0, 0.05) is 6.04 Å². The van der Waals surface area contributed by atoms with E-state index in [2.05, 4.69) is 10.6 Å². The summed E-state index contributed by atoms with van der Waals surface area (Å²) >= 11 is 5.91. The summed E-state index contributed by atoms with van der Waals surface area (Å²) in [5.74, 6) is 0. The second-order valence-electron chi connectivity index (χ2n) is 3.71. The molecule has 0 saturated heterocycles. The number of para-hydroxylation sites is 1. The number of anilines is 1. The van der Waals surface area contributed by atoms with E-state index in [1.54, 1.807) is 12.1 Å². The summed E-state index contributed by atoms with van der Waals surface area (Å²) in [4.78, 5) is 11.5. The standard InChI is InChI=1S/C11H13ClN2O/c12-9-6-1-2-7-10(9)14-11(15)13-8-4-3-5-8/h1-2,6-8H,3-5H2,(H2,13,14,15). The molecule has 3 nitrogen and oxygen atoms in total. The highest BCUT2D eigenvalue weighted by molar-refractivity contribution is 6.33. The van der Waals surface area contributed by atoms with Crippen molar-refractivity contribution in [2.24, 2.45) is 0 Å². The Hall–Kier alpha value is -1.22. The number of hydrogen-bond acceptors (Lipinski definition) is 1. The molecule has 2 rings (SSSR count). The van der Waals surface area contributed by atoms with Gasteiger partial charge in [-0.2, -0.15) is 0 Å². The first-order valence-corrected chi connectivity index (χ1v) is 5.45. The number of amides is 2. The van der Waals surface area contributed by atoms with Gasteiger partial charge in [-0.15, -0.1) is 0 Å². The number of benzene rings is 1. The molecule has 80 valence electrons. The minimum absolute atomic E-state index is 0.173. The molecule has 15 heavy (non-hydrogen) atoms. The zero-order chi connectivity index (χ0) is 10.7. The normalized spacial score (nSPS) is 15.5. The summed E-state index contributed by atoms with van der Waals surface area (Å²) in [6.07, 6.45) is 3.36. The van der Waals surface area contributed by atoms with E-state index in [4.69, 9.17) is 11.6 Å². The Labute approximate surface area is 93.8 Å². The predicted octanol–water partition coefficient (Wildman–Crippen LogP) is 3.01. The van der Waals surface area contributed by atoms with Gasteiger partial charge >= 0.3 is 6.03 Å². The highest BCUT2D eigenvalue weighted by Crippen LogP contribution is 2.21. The second-order valence-corrected chi connectivity index (χ2v) is 4.11. The van der Waals surface area contributed by atoms with Crippen molar-refractivity contribution in [2.75, 3.05) is 5.32 Å². The molecule has 0 heterocycles. The van der Waals surface area contributed by atoms with Crippen LogP contribution in [0.25, 0.3) is 0 Å². The van der Waals surface area contributed by atoms with Crippen LogP contribution in [0.2, 0.25) is 5.02 Å². The molecule has 1 saturated carbocycles. The largest absolute Gasteiger partial charge is 0.335 e. The molecule has 0 unspecified atom stereocenters. The molecule has 1 fully saturated rings. The van der Waals surface area contributed by atoms with E-state index in [0.717, 1.165) is 12.8 Å². The maximum Gasteiger partial charge on any atom is 0.319 e. The zero-order valence-electron chi connectivity index (χ0n) is 8.29. The van der Waals surface area contributed by atoms with Crippen LogP contribution < -0.4 is 10.6 Å². The van der Waals surface area contributed by atoms with Crippen molar-refractivity contribution in [1.29, 1.82) is 0 Å². The highest BCUT2D eigenvalue weighted by atomic mass is 35.5. The molecule has 2 amide bonds. The highest BCUT2D eigenvalue weighted by Gasteiger charge is 2.19. The number of urea groups is 1. The number of carbonyl (C=O) groups excluding carboxylic acids is 1. The number of carbonyl (C=O) groups is 1. The number of nitrogens with one attached hydrogen (secondary N) is 2. The minimum Gasteiger partial charge on any atom is -0.335 e. The van der Waals surface area contributed by atoms with Gasteiger partial charge in [0.05, 0.1) is 10.7 Å². The van der Waals surface area contributed by atoms with Crippen molar-refractivity contribution >= 4 is 23.3 Å². The van der Waals surface area contributed by atoms with Crippen molar-refractivity contribution in [3.05, 3.63) is 29.3 Å². The van der Waals surface area contributed by atoms with Gasteiger partial charge in [-0.05, 0) is 31.4 Å². The van der Waals surface area contributed by atoms with Gasteiger partial charge < -0.3 is 10.6 Å². The lowest BCUT2D eigenvalue weighted by Gasteiger charge is -2.26. The summed E-state index contributed by atoms with van der Waals surface area (Å²) in [5.41, 5.74) is 0.649. The van der Waals surface area contributed by atoms with E-state index in [9.17, 15) is 4.79 Å². The molecule has 1 aliphatic carbocycles. The molecule has 2 N–H and O–H groups in total. The van der Waals surface area contributed by atoms with Gasteiger partial charge in [0.1, 0.15) is 0 Å². The van der Waals surface area contributed by atoms with E-state index < -0.39 is 0 Å². The van der Waals surface area contributed by atoms with Gasteiger partial charge in [-0.25, -0.2) is 4.79 Å². The summed E-state index contributed by atoms with van der Waals surface area (Å²) in [7, 11) is 0. The fraction of sp³-hybridized carbons (Fsp3) is 0.364. The summed E-state index contributed by atoms with van der Waals surface area (Å²) < 4.78 is 0. The Morgan fingerprint density at radius 1 is 1.33 bits per heavy atom. The van der Waals surface area contributed by atoms with E-state index in [1.165, 1.54) is 6.42 Å². The second kappa shape index (κ2) is 4.53. The lowest BCUT2D eigenvalue weighted by atomic mass is 9.93. The smallest absolute Gasteiger partial charge is 0.319 e. The van der Waals surface area contributed by atoms with Gasteiger partial charge in [0.25, 0.3) is 0 Å². The number of rotatable bonds is 2. The summed E-state index contributed by atoms with van der Waals surface area (Å²) in [6, 6.07) is 7.37. The SMILES string of the molecule is O=C(Nc1ccccc1Cl)NC1CCC1. The van der Waals surface area contributed by atoms with Gasteiger partial charge in [0.2, 0.25) is 0 Å². The Bertz CT molecular complexity index is 363. The molecule has 4 heteroatoms. The maximum absolute atomic E-state index is 11.5. The Morgan fingerprint density at radius 3 is 2.67 bits per heavy atom. The first kappa shape index (κ1) is 10.3. The molecule has 1 aliphatic rings. The minimum atomic E-state index is -0.173. The third-order valence-corrected chi connectivity index (χ3v) is 2.89. The Morgan fingerprint density at radius 2 is 2.07 bits per heavy atom. The average molecular weight is 225 g/mol. The predicted molar refractivity (Wildman–Crippen MR) is 61.2 cm³/mol. The third kappa shape index (κ3) is 2.63. The Kier molecular flexibility index (Phi) is 3.11. The average Bonchev–Trinajstić information content (AvgIpc) is 2.16. The quantitative estimate of drug-likeness (QED) is 0.797. The van der Waals surface area contributed by atoms with Crippen molar-refractivity contribution < 1.29 is 4.79 Å². The molecule has 1 aromatic carbocycles. The van der Waals surface area contributed by atoms with Crippen molar-refractivity contribution in [1.82, 2.24) is 5.32 Å². The maximum atomic E-state index is 11.5. The van der Waals surface area contributed by atoms with Crippen LogP contribution in [0, 0.1) is 0 Å². The van der Waals surface area contributed by atoms with Gasteiger partial charge in [0.15, 0.2) is 0 Å². The van der Waals surface area contributed by atoms with Gasteiger partial charge in [-0.3, -0.25) is 0 Å². The fourth-order valence-electron chi connectivity index (χ4n) is 1.46. The molecule has 0 radical (unpaired) electrons. The Balaban J connectivity index is 1.90. The van der Waals surface area contributed by atoms with Crippen LogP contribution in [0.4, 0.5) is 10.5 Å². The summed E-state index contributed by atoms with van der Waals surface area (Å²) in [5, 5.41) is 6.17. The van der Waals surface area contributed by atoms with Crippen LogP contribution in [0.1, 0.15) is 19.3 Å².